The number of hydrogen-bond acceptors (Lipinski definition) is 2. The molecular weight excluding hydrogens is 341 g/mol. The first-order valence-electron chi connectivity index (χ1n) is 9.07. The second-order valence-electron chi connectivity index (χ2n) is 6.58. The minimum atomic E-state index is -0.979. The molecule has 0 spiro atoms. The highest BCUT2D eigenvalue weighted by molar-refractivity contribution is 5.66. The van der Waals surface area contributed by atoms with Crippen LogP contribution in [0.25, 0.3) is 11.1 Å². The molecule has 0 N–H and O–H groups in total. The summed E-state index contributed by atoms with van der Waals surface area (Å²) in [7, 11) is 0. The van der Waals surface area contributed by atoms with E-state index < -0.39 is 23.6 Å². The lowest BCUT2D eigenvalue weighted by atomic mass is 9.92. The third kappa shape index (κ3) is 3.73. The summed E-state index contributed by atoms with van der Waals surface area (Å²) in [5.74, 6) is -1.93. The van der Waals surface area contributed by atoms with E-state index in [-0.39, 0.29) is 22.4 Å². The summed E-state index contributed by atoms with van der Waals surface area (Å²) in [6.07, 6.45) is 2.20. The maximum atomic E-state index is 14.6. The van der Waals surface area contributed by atoms with Gasteiger partial charge in [0.15, 0.2) is 23.2 Å². The quantitative estimate of drug-likeness (QED) is 0.643. The van der Waals surface area contributed by atoms with Crippen molar-refractivity contribution in [2.24, 2.45) is 5.92 Å². The van der Waals surface area contributed by atoms with Crippen LogP contribution in [0.3, 0.4) is 0 Å². The Balaban J connectivity index is 1.87. The summed E-state index contributed by atoms with van der Waals surface area (Å²) in [6, 6.07) is 7.13. The molecule has 1 aliphatic rings. The molecule has 2 unspecified atom stereocenters. The van der Waals surface area contributed by atoms with Crippen molar-refractivity contribution in [3.8, 4) is 16.9 Å². The molecule has 2 nitrogen and oxygen atoms in total. The second kappa shape index (κ2) is 8.12. The SMILES string of the molecule is CCOc1ccc(-c2ccc(C3CCC(CC)CO3)c(F)c2F)cc1F. The van der Waals surface area contributed by atoms with Crippen molar-refractivity contribution in [1.82, 2.24) is 0 Å². The lowest BCUT2D eigenvalue weighted by Gasteiger charge is -2.29. The lowest BCUT2D eigenvalue weighted by Crippen LogP contribution is -2.21. The van der Waals surface area contributed by atoms with Crippen molar-refractivity contribution in [3.63, 3.8) is 0 Å². The van der Waals surface area contributed by atoms with Crippen LogP contribution in [-0.4, -0.2) is 13.2 Å². The van der Waals surface area contributed by atoms with Crippen LogP contribution in [0.15, 0.2) is 30.3 Å². The number of halogens is 3. The minimum absolute atomic E-state index is 0.0236. The molecule has 0 amide bonds. The highest BCUT2D eigenvalue weighted by atomic mass is 19.2. The molecule has 0 bridgehead atoms. The molecule has 0 aliphatic carbocycles. The Morgan fingerprint density at radius 3 is 2.46 bits per heavy atom. The van der Waals surface area contributed by atoms with E-state index in [9.17, 15) is 13.2 Å². The van der Waals surface area contributed by atoms with Gasteiger partial charge in [-0.15, -0.1) is 0 Å². The Bertz CT molecular complexity index is 768. The van der Waals surface area contributed by atoms with Gasteiger partial charge >= 0.3 is 0 Å². The normalized spacial score (nSPS) is 20.2. The standard InChI is InChI=1S/C21H23F3O2/c1-3-13-5-9-18(26-12-13)16-8-7-15(20(23)21(16)24)14-6-10-19(25-4-2)17(22)11-14/h6-8,10-11,13,18H,3-5,9,12H2,1-2H3. The first-order chi connectivity index (χ1) is 12.5. The smallest absolute Gasteiger partial charge is 0.167 e. The largest absolute Gasteiger partial charge is 0.491 e. The summed E-state index contributed by atoms with van der Waals surface area (Å²) in [5, 5.41) is 0. The monoisotopic (exact) mass is 364 g/mol. The highest BCUT2D eigenvalue weighted by Gasteiger charge is 2.26. The maximum absolute atomic E-state index is 14.6. The zero-order chi connectivity index (χ0) is 18.7. The van der Waals surface area contributed by atoms with Gasteiger partial charge in [0.25, 0.3) is 0 Å². The van der Waals surface area contributed by atoms with Gasteiger partial charge in [0, 0.05) is 11.1 Å². The molecule has 1 heterocycles. The van der Waals surface area contributed by atoms with Gasteiger partial charge in [0.05, 0.1) is 19.3 Å². The molecule has 2 atom stereocenters. The Kier molecular flexibility index (Phi) is 5.87. The molecule has 2 aromatic rings. The Hall–Kier alpha value is -2.01. The predicted octanol–water partition coefficient (Wildman–Crippen LogP) is 6.05. The zero-order valence-electron chi connectivity index (χ0n) is 15.0. The van der Waals surface area contributed by atoms with Crippen LogP contribution in [0.1, 0.15) is 44.8 Å². The molecule has 1 saturated heterocycles. The molecule has 1 fully saturated rings. The molecule has 1 aliphatic heterocycles. The summed E-state index contributed by atoms with van der Waals surface area (Å²) in [6.45, 7) is 4.73. The van der Waals surface area contributed by atoms with E-state index in [2.05, 4.69) is 6.92 Å². The number of benzene rings is 2. The molecular formula is C21H23F3O2. The molecule has 0 aromatic heterocycles. The van der Waals surface area contributed by atoms with Gasteiger partial charge in [0.1, 0.15) is 0 Å². The van der Waals surface area contributed by atoms with Gasteiger partial charge in [-0.05, 0) is 43.4 Å². The van der Waals surface area contributed by atoms with Gasteiger partial charge in [0.2, 0.25) is 0 Å². The summed E-state index contributed by atoms with van der Waals surface area (Å²) >= 11 is 0. The van der Waals surface area contributed by atoms with Crippen molar-refractivity contribution in [2.45, 2.75) is 39.2 Å². The average Bonchev–Trinajstić information content (AvgIpc) is 2.66. The van der Waals surface area contributed by atoms with Gasteiger partial charge in [-0.3, -0.25) is 0 Å². The fourth-order valence-corrected chi connectivity index (χ4v) is 3.35. The molecule has 140 valence electrons. The molecule has 3 rings (SSSR count). The van der Waals surface area contributed by atoms with Crippen LogP contribution in [0.5, 0.6) is 5.75 Å². The summed E-state index contributed by atoms with van der Waals surface area (Å²) in [4.78, 5) is 0. The zero-order valence-corrected chi connectivity index (χ0v) is 15.0. The van der Waals surface area contributed by atoms with Crippen molar-refractivity contribution in [1.29, 1.82) is 0 Å². The lowest BCUT2D eigenvalue weighted by molar-refractivity contribution is -0.0200. The van der Waals surface area contributed by atoms with E-state index in [0.717, 1.165) is 18.9 Å². The van der Waals surface area contributed by atoms with Gasteiger partial charge < -0.3 is 9.47 Å². The van der Waals surface area contributed by atoms with E-state index >= 15 is 0 Å². The topological polar surface area (TPSA) is 18.5 Å². The Labute approximate surface area is 151 Å². The van der Waals surface area contributed by atoms with E-state index in [4.69, 9.17) is 9.47 Å². The van der Waals surface area contributed by atoms with Gasteiger partial charge in [-0.1, -0.05) is 31.5 Å². The second-order valence-corrected chi connectivity index (χ2v) is 6.58. The van der Waals surface area contributed by atoms with E-state index in [0.29, 0.717) is 25.6 Å². The fraction of sp³-hybridized carbons (Fsp3) is 0.429. The van der Waals surface area contributed by atoms with Crippen LogP contribution in [0.2, 0.25) is 0 Å². The van der Waals surface area contributed by atoms with Crippen LogP contribution >= 0.6 is 0 Å². The predicted molar refractivity (Wildman–Crippen MR) is 94.6 cm³/mol. The Morgan fingerprint density at radius 2 is 1.85 bits per heavy atom. The molecule has 5 heteroatoms. The van der Waals surface area contributed by atoms with Crippen molar-refractivity contribution >= 4 is 0 Å². The summed E-state index contributed by atoms with van der Waals surface area (Å²) in [5.41, 5.74) is 0.521. The average molecular weight is 364 g/mol. The van der Waals surface area contributed by atoms with Gasteiger partial charge in [-0.2, -0.15) is 0 Å². The first kappa shape index (κ1) is 18.8. The minimum Gasteiger partial charge on any atom is -0.491 e. The maximum Gasteiger partial charge on any atom is 0.167 e. The van der Waals surface area contributed by atoms with Gasteiger partial charge in [-0.25, -0.2) is 13.2 Å². The Morgan fingerprint density at radius 1 is 1.04 bits per heavy atom. The third-order valence-corrected chi connectivity index (χ3v) is 4.95. The van der Waals surface area contributed by atoms with E-state index in [1.807, 2.05) is 0 Å². The molecule has 0 saturated carbocycles. The number of rotatable bonds is 5. The third-order valence-electron chi connectivity index (χ3n) is 4.95. The van der Waals surface area contributed by atoms with Crippen molar-refractivity contribution in [2.75, 3.05) is 13.2 Å². The van der Waals surface area contributed by atoms with E-state index in [1.54, 1.807) is 13.0 Å². The summed E-state index contributed by atoms with van der Waals surface area (Å²) < 4.78 is 54.2. The first-order valence-corrected chi connectivity index (χ1v) is 9.07. The molecule has 0 radical (unpaired) electrons. The van der Waals surface area contributed by atoms with Crippen LogP contribution in [-0.2, 0) is 4.74 Å². The fourth-order valence-electron chi connectivity index (χ4n) is 3.35. The number of ether oxygens (including phenoxy) is 2. The van der Waals surface area contributed by atoms with Crippen molar-refractivity contribution < 1.29 is 22.6 Å². The highest BCUT2D eigenvalue weighted by Crippen LogP contribution is 2.36. The van der Waals surface area contributed by atoms with Crippen LogP contribution in [0.4, 0.5) is 13.2 Å². The molecule has 26 heavy (non-hydrogen) atoms. The molecule has 2 aromatic carbocycles. The number of hydrogen-bond donors (Lipinski definition) is 0. The van der Waals surface area contributed by atoms with E-state index in [1.165, 1.54) is 18.2 Å². The van der Waals surface area contributed by atoms with Crippen molar-refractivity contribution in [3.05, 3.63) is 53.3 Å². The van der Waals surface area contributed by atoms with Crippen LogP contribution < -0.4 is 4.74 Å². The van der Waals surface area contributed by atoms with Crippen LogP contribution in [0, 0.1) is 23.4 Å².